The maximum atomic E-state index is 13.3. The highest BCUT2D eigenvalue weighted by Crippen LogP contribution is 2.25. The fourth-order valence-electron chi connectivity index (χ4n) is 2.92. The number of hydrogen-bond donors (Lipinski definition) is 2. The summed E-state index contributed by atoms with van der Waals surface area (Å²) in [6, 6.07) is 3.52. The van der Waals surface area contributed by atoms with E-state index in [-0.39, 0.29) is 19.7 Å². The molecule has 1 heterocycles. The Hall–Kier alpha value is -1.57. The maximum Gasteiger partial charge on any atom is 0.256 e. The van der Waals surface area contributed by atoms with Crippen LogP contribution in [-0.2, 0) is 11.3 Å². The summed E-state index contributed by atoms with van der Waals surface area (Å²) < 4.78 is 26.3. The van der Waals surface area contributed by atoms with E-state index in [9.17, 15) is 18.7 Å². The molecule has 128 valence electrons. The summed E-state index contributed by atoms with van der Waals surface area (Å²) in [6.45, 7) is 1.02. The summed E-state index contributed by atoms with van der Waals surface area (Å²) in [4.78, 5) is 15.7. The molecule has 0 aromatic heterocycles. The van der Waals surface area contributed by atoms with Crippen LogP contribution in [0.15, 0.2) is 18.2 Å². The molecule has 7 heteroatoms. The standard InChI is InChI=1S/C16H22F2N2O3/c1-19(7-8-21)11-16(23)5-2-6-20(15(16)22)10-12-3-4-13(17)14(18)9-12/h3-4,9,21,23H,2,5-8,10-11H2,1H3. The van der Waals surface area contributed by atoms with Crippen LogP contribution in [0, 0.1) is 11.6 Å². The third-order valence-electron chi connectivity index (χ3n) is 4.07. The molecule has 23 heavy (non-hydrogen) atoms. The first kappa shape index (κ1) is 17.8. The van der Waals surface area contributed by atoms with Gasteiger partial charge < -0.3 is 20.0 Å². The normalized spacial score (nSPS) is 22.0. The van der Waals surface area contributed by atoms with Crippen molar-refractivity contribution in [1.82, 2.24) is 9.80 Å². The van der Waals surface area contributed by atoms with E-state index in [1.165, 1.54) is 11.0 Å². The number of amides is 1. The number of carbonyl (C=O) groups is 1. The molecule has 1 aromatic carbocycles. The van der Waals surface area contributed by atoms with E-state index in [0.29, 0.717) is 31.5 Å². The molecule has 0 spiro atoms. The van der Waals surface area contributed by atoms with Gasteiger partial charge >= 0.3 is 0 Å². The predicted molar refractivity (Wildman–Crippen MR) is 80.5 cm³/mol. The molecule has 1 atom stereocenters. The number of aliphatic hydroxyl groups excluding tert-OH is 1. The van der Waals surface area contributed by atoms with Crippen molar-refractivity contribution in [2.75, 3.05) is 33.3 Å². The highest BCUT2D eigenvalue weighted by molar-refractivity contribution is 5.86. The van der Waals surface area contributed by atoms with Gasteiger partial charge in [0.1, 0.15) is 0 Å². The summed E-state index contributed by atoms with van der Waals surface area (Å²) in [6.07, 6.45) is 0.967. The van der Waals surface area contributed by atoms with Crippen LogP contribution in [-0.4, -0.2) is 64.8 Å². The van der Waals surface area contributed by atoms with Crippen molar-refractivity contribution in [2.24, 2.45) is 0 Å². The van der Waals surface area contributed by atoms with E-state index in [1.807, 2.05) is 0 Å². The van der Waals surface area contributed by atoms with Crippen LogP contribution in [0.5, 0.6) is 0 Å². The lowest BCUT2D eigenvalue weighted by molar-refractivity contribution is -0.160. The summed E-state index contributed by atoms with van der Waals surface area (Å²) in [5, 5.41) is 19.6. The van der Waals surface area contributed by atoms with Gasteiger partial charge in [0.05, 0.1) is 6.61 Å². The molecule has 1 saturated heterocycles. The molecule has 1 aliphatic rings. The number of likely N-dealkylation sites (tertiary alicyclic amines) is 1. The van der Waals surface area contributed by atoms with Crippen LogP contribution in [0.1, 0.15) is 18.4 Å². The van der Waals surface area contributed by atoms with Gasteiger partial charge in [-0.15, -0.1) is 0 Å². The van der Waals surface area contributed by atoms with Crippen LogP contribution in [0.3, 0.4) is 0 Å². The molecule has 1 fully saturated rings. The fraction of sp³-hybridized carbons (Fsp3) is 0.562. The quantitative estimate of drug-likeness (QED) is 0.809. The van der Waals surface area contributed by atoms with Gasteiger partial charge in [0, 0.05) is 26.2 Å². The largest absolute Gasteiger partial charge is 0.395 e. The first-order chi connectivity index (χ1) is 10.9. The molecule has 1 aromatic rings. The minimum atomic E-state index is -1.51. The second kappa shape index (κ2) is 7.33. The highest BCUT2D eigenvalue weighted by Gasteiger charge is 2.42. The lowest BCUT2D eigenvalue weighted by Crippen LogP contribution is -2.58. The molecule has 0 saturated carbocycles. The van der Waals surface area contributed by atoms with Crippen LogP contribution in [0.4, 0.5) is 8.78 Å². The number of carbonyl (C=O) groups excluding carboxylic acids is 1. The average Bonchev–Trinajstić information content (AvgIpc) is 2.48. The van der Waals surface area contributed by atoms with Crippen molar-refractivity contribution in [1.29, 1.82) is 0 Å². The molecular weight excluding hydrogens is 306 g/mol. The van der Waals surface area contributed by atoms with Crippen molar-refractivity contribution in [2.45, 2.75) is 25.0 Å². The van der Waals surface area contributed by atoms with Gasteiger partial charge in [-0.2, -0.15) is 0 Å². The van der Waals surface area contributed by atoms with Gasteiger partial charge in [-0.05, 0) is 37.6 Å². The summed E-state index contributed by atoms with van der Waals surface area (Å²) in [5.41, 5.74) is -1.04. The SMILES string of the molecule is CN(CCO)CC1(O)CCCN(Cc2ccc(F)c(F)c2)C1=O. The lowest BCUT2D eigenvalue weighted by atomic mass is 9.91. The molecule has 0 bridgehead atoms. The zero-order chi connectivity index (χ0) is 17.0. The zero-order valence-corrected chi connectivity index (χ0v) is 13.1. The van der Waals surface area contributed by atoms with Crippen LogP contribution >= 0.6 is 0 Å². The number of hydrogen-bond acceptors (Lipinski definition) is 4. The smallest absolute Gasteiger partial charge is 0.256 e. The molecule has 0 aliphatic carbocycles. The first-order valence-corrected chi connectivity index (χ1v) is 7.61. The van der Waals surface area contributed by atoms with Crippen molar-refractivity contribution in [3.63, 3.8) is 0 Å². The minimum absolute atomic E-state index is 0.0562. The number of piperidine rings is 1. The Morgan fingerprint density at radius 1 is 1.35 bits per heavy atom. The molecule has 2 rings (SSSR count). The molecule has 1 aliphatic heterocycles. The third-order valence-corrected chi connectivity index (χ3v) is 4.07. The molecular formula is C16H22F2N2O3. The Morgan fingerprint density at radius 3 is 2.74 bits per heavy atom. The third kappa shape index (κ3) is 4.25. The van der Waals surface area contributed by atoms with Crippen LogP contribution in [0.2, 0.25) is 0 Å². The molecule has 1 unspecified atom stereocenters. The summed E-state index contributed by atoms with van der Waals surface area (Å²) in [5.74, 6) is -2.30. The second-order valence-electron chi connectivity index (χ2n) is 6.07. The van der Waals surface area contributed by atoms with Crippen molar-refractivity contribution < 1.29 is 23.8 Å². The minimum Gasteiger partial charge on any atom is -0.395 e. The van der Waals surface area contributed by atoms with Crippen LogP contribution in [0.25, 0.3) is 0 Å². The van der Waals surface area contributed by atoms with Gasteiger partial charge in [-0.25, -0.2) is 8.78 Å². The number of aliphatic hydroxyl groups is 2. The van der Waals surface area contributed by atoms with E-state index in [0.717, 1.165) is 12.1 Å². The van der Waals surface area contributed by atoms with Gasteiger partial charge in [0.15, 0.2) is 17.2 Å². The van der Waals surface area contributed by atoms with E-state index in [2.05, 4.69) is 0 Å². The van der Waals surface area contributed by atoms with Crippen LogP contribution < -0.4 is 0 Å². The summed E-state index contributed by atoms with van der Waals surface area (Å²) >= 11 is 0. The monoisotopic (exact) mass is 328 g/mol. The van der Waals surface area contributed by atoms with E-state index < -0.39 is 23.1 Å². The van der Waals surface area contributed by atoms with Crippen molar-refractivity contribution in [3.8, 4) is 0 Å². The van der Waals surface area contributed by atoms with Gasteiger partial charge in [-0.3, -0.25) is 4.79 Å². The second-order valence-corrected chi connectivity index (χ2v) is 6.07. The Kier molecular flexibility index (Phi) is 5.67. The maximum absolute atomic E-state index is 13.3. The number of nitrogens with zero attached hydrogens (tertiary/aromatic N) is 2. The number of likely N-dealkylation sites (N-methyl/N-ethyl adjacent to an activating group) is 1. The van der Waals surface area contributed by atoms with E-state index in [4.69, 9.17) is 5.11 Å². The van der Waals surface area contributed by atoms with Gasteiger partial charge in [0.25, 0.3) is 5.91 Å². The highest BCUT2D eigenvalue weighted by atomic mass is 19.2. The number of rotatable bonds is 6. The molecule has 2 N–H and O–H groups in total. The lowest BCUT2D eigenvalue weighted by Gasteiger charge is -2.40. The first-order valence-electron chi connectivity index (χ1n) is 7.61. The van der Waals surface area contributed by atoms with Gasteiger partial charge in [0.2, 0.25) is 0 Å². The van der Waals surface area contributed by atoms with Gasteiger partial charge in [-0.1, -0.05) is 6.07 Å². The Morgan fingerprint density at radius 2 is 2.09 bits per heavy atom. The van der Waals surface area contributed by atoms with Crippen molar-refractivity contribution >= 4 is 5.91 Å². The van der Waals surface area contributed by atoms with E-state index in [1.54, 1.807) is 11.9 Å². The Labute approximate surface area is 134 Å². The topological polar surface area (TPSA) is 64.0 Å². The Balaban J connectivity index is 2.08. The number of halogens is 2. The Bertz CT molecular complexity index is 570. The van der Waals surface area contributed by atoms with E-state index >= 15 is 0 Å². The average molecular weight is 328 g/mol. The molecule has 0 radical (unpaired) electrons. The fourth-order valence-corrected chi connectivity index (χ4v) is 2.92. The van der Waals surface area contributed by atoms with Crippen molar-refractivity contribution in [3.05, 3.63) is 35.4 Å². The predicted octanol–water partition coefficient (Wildman–Crippen LogP) is 0.742. The summed E-state index contributed by atoms with van der Waals surface area (Å²) in [7, 11) is 1.72. The number of benzene rings is 1. The zero-order valence-electron chi connectivity index (χ0n) is 13.1. The molecule has 5 nitrogen and oxygen atoms in total. The molecule has 1 amide bonds.